The van der Waals surface area contributed by atoms with E-state index in [4.69, 9.17) is 9.26 Å². The highest BCUT2D eigenvalue weighted by molar-refractivity contribution is 5.94. The van der Waals surface area contributed by atoms with Gasteiger partial charge in [0.2, 0.25) is 23.5 Å². The Labute approximate surface area is 156 Å². The predicted molar refractivity (Wildman–Crippen MR) is 96.9 cm³/mol. The van der Waals surface area contributed by atoms with E-state index in [-0.39, 0.29) is 18.2 Å². The number of hydrogen-bond donors (Lipinski definition) is 2. The largest absolute Gasteiger partial charge is 0.497 e. The third-order valence-corrected chi connectivity index (χ3v) is 4.16. The lowest BCUT2D eigenvalue weighted by atomic mass is 10.1. The number of methoxy groups -OCH3 is 1. The van der Waals surface area contributed by atoms with Crippen LogP contribution >= 0.6 is 0 Å². The monoisotopic (exact) mass is 371 g/mol. The van der Waals surface area contributed by atoms with E-state index < -0.39 is 6.04 Å². The second-order valence-electron chi connectivity index (χ2n) is 6.19. The topological polar surface area (TPSA) is 119 Å². The van der Waals surface area contributed by atoms with Crippen molar-refractivity contribution < 1.29 is 18.8 Å². The van der Waals surface area contributed by atoms with Gasteiger partial charge in [-0.05, 0) is 44.0 Å². The number of hydrazone groups is 1. The second-order valence-corrected chi connectivity index (χ2v) is 6.19. The summed E-state index contributed by atoms with van der Waals surface area (Å²) in [6, 6.07) is 6.88. The molecule has 9 heteroatoms. The average molecular weight is 371 g/mol. The Bertz CT molecular complexity index is 844. The van der Waals surface area contributed by atoms with E-state index >= 15 is 0 Å². The molecule has 2 N–H and O–H groups in total. The van der Waals surface area contributed by atoms with Crippen LogP contribution in [-0.2, 0) is 9.59 Å². The standard InChI is InChI=1S/C18H21N5O4/c1-11(19-15(24)9-5-13-6-10-16(25)22-21-13)18-20-17(23-27-18)12-3-7-14(26-2)8-4-12/h3-4,7-8,11H,5-6,9-10H2,1-2H3,(H,19,24)(H,22,25)/t11-/m0/s1. The van der Waals surface area contributed by atoms with E-state index in [1.807, 2.05) is 24.3 Å². The molecule has 0 bridgehead atoms. The van der Waals surface area contributed by atoms with Crippen LogP contribution in [0, 0.1) is 0 Å². The fourth-order valence-electron chi connectivity index (χ4n) is 2.59. The van der Waals surface area contributed by atoms with E-state index in [0.29, 0.717) is 31.0 Å². The van der Waals surface area contributed by atoms with Crippen LogP contribution in [0.2, 0.25) is 0 Å². The molecule has 1 aliphatic heterocycles. The molecule has 9 nitrogen and oxygen atoms in total. The van der Waals surface area contributed by atoms with Gasteiger partial charge in [0.1, 0.15) is 11.8 Å². The summed E-state index contributed by atoms with van der Waals surface area (Å²) in [6.45, 7) is 1.78. The van der Waals surface area contributed by atoms with Crippen LogP contribution in [0.25, 0.3) is 11.4 Å². The molecule has 0 fully saturated rings. The molecule has 0 unspecified atom stereocenters. The van der Waals surface area contributed by atoms with E-state index in [1.54, 1.807) is 14.0 Å². The van der Waals surface area contributed by atoms with Crippen molar-refractivity contribution in [3.63, 3.8) is 0 Å². The Balaban J connectivity index is 1.53. The van der Waals surface area contributed by atoms with E-state index in [0.717, 1.165) is 17.0 Å². The van der Waals surface area contributed by atoms with Gasteiger partial charge in [-0.2, -0.15) is 10.1 Å². The number of carbonyl (C=O) groups excluding carboxylic acids is 2. The smallest absolute Gasteiger partial charge is 0.249 e. The third kappa shape index (κ3) is 4.90. The molecule has 2 heterocycles. The molecule has 1 aromatic carbocycles. The molecule has 2 aromatic rings. The zero-order valence-electron chi connectivity index (χ0n) is 15.2. The first-order valence-electron chi connectivity index (χ1n) is 8.67. The molecule has 2 amide bonds. The molecular formula is C18H21N5O4. The first-order chi connectivity index (χ1) is 13.0. The molecule has 1 atom stereocenters. The molecule has 0 saturated heterocycles. The molecule has 1 aliphatic rings. The lowest BCUT2D eigenvalue weighted by Gasteiger charge is -2.13. The van der Waals surface area contributed by atoms with Crippen molar-refractivity contribution in [3.8, 4) is 17.1 Å². The Morgan fingerprint density at radius 1 is 1.33 bits per heavy atom. The van der Waals surface area contributed by atoms with Crippen LogP contribution in [0.4, 0.5) is 0 Å². The van der Waals surface area contributed by atoms with Gasteiger partial charge in [-0.1, -0.05) is 5.16 Å². The van der Waals surface area contributed by atoms with Crippen LogP contribution in [0.5, 0.6) is 5.75 Å². The summed E-state index contributed by atoms with van der Waals surface area (Å²) in [5.74, 6) is 1.27. The maximum absolute atomic E-state index is 12.1. The van der Waals surface area contributed by atoms with Crippen molar-refractivity contribution in [2.24, 2.45) is 5.10 Å². The zero-order valence-corrected chi connectivity index (χ0v) is 15.2. The Morgan fingerprint density at radius 3 is 2.78 bits per heavy atom. The number of hydrogen-bond acceptors (Lipinski definition) is 7. The van der Waals surface area contributed by atoms with Gasteiger partial charge in [0.15, 0.2) is 0 Å². The fraction of sp³-hybridized carbons (Fsp3) is 0.389. The van der Waals surface area contributed by atoms with Gasteiger partial charge >= 0.3 is 0 Å². The summed E-state index contributed by atoms with van der Waals surface area (Å²) in [6.07, 6.45) is 1.77. The minimum Gasteiger partial charge on any atom is -0.497 e. The molecule has 0 radical (unpaired) electrons. The Kier molecular flexibility index (Phi) is 5.80. The molecular weight excluding hydrogens is 350 g/mol. The van der Waals surface area contributed by atoms with E-state index in [9.17, 15) is 9.59 Å². The SMILES string of the molecule is COc1ccc(-c2noc([C@H](C)NC(=O)CCC3=NNC(=O)CC3)n2)cc1. The Morgan fingerprint density at radius 2 is 2.11 bits per heavy atom. The minimum atomic E-state index is -0.412. The van der Waals surface area contributed by atoms with Crippen LogP contribution in [0.15, 0.2) is 33.9 Å². The van der Waals surface area contributed by atoms with Gasteiger partial charge in [-0.3, -0.25) is 9.59 Å². The summed E-state index contributed by atoms with van der Waals surface area (Å²) in [5, 5.41) is 10.7. The third-order valence-electron chi connectivity index (χ3n) is 4.16. The van der Waals surface area contributed by atoms with Gasteiger partial charge in [0.05, 0.1) is 7.11 Å². The lowest BCUT2D eigenvalue weighted by Crippen LogP contribution is -2.29. The van der Waals surface area contributed by atoms with Gasteiger partial charge < -0.3 is 14.6 Å². The average Bonchev–Trinajstić information content (AvgIpc) is 3.18. The summed E-state index contributed by atoms with van der Waals surface area (Å²) in [4.78, 5) is 27.5. The van der Waals surface area contributed by atoms with Gasteiger partial charge in [0, 0.05) is 24.1 Å². The number of carbonyl (C=O) groups is 2. The molecule has 142 valence electrons. The molecule has 0 spiro atoms. The molecule has 3 rings (SSSR count). The van der Waals surface area contributed by atoms with Crippen molar-refractivity contribution in [3.05, 3.63) is 30.2 Å². The number of ether oxygens (including phenoxy) is 1. The highest BCUT2D eigenvalue weighted by Gasteiger charge is 2.18. The first kappa shape index (κ1) is 18.6. The number of rotatable bonds is 7. The maximum atomic E-state index is 12.1. The summed E-state index contributed by atoms with van der Waals surface area (Å²) < 4.78 is 10.4. The zero-order chi connectivity index (χ0) is 19.2. The lowest BCUT2D eigenvalue weighted by molar-refractivity contribution is -0.122. The van der Waals surface area contributed by atoms with Crippen molar-refractivity contribution in [1.29, 1.82) is 0 Å². The first-order valence-corrected chi connectivity index (χ1v) is 8.67. The molecule has 0 aliphatic carbocycles. The van der Waals surface area contributed by atoms with Crippen LogP contribution in [-0.4, -0.2) is 34.8 Å². The maximum Gasteiger partial charge on any atom is 0.249 e. The highest BCUT2D eigenvalue weighted by atomic mass is 16.5. The molecule has 1 aromatic heterocycles. The highest BCUT2D eigenvalue weighted by Crippen LogP contribution is 2.21. The van der Waals surface area contributed by atoms with E-state index in [1.165, 1.54) is 0 Å². The van der Waals surface area contributed by atoms with Crippen LogP contribution in [0.1, 0.15) is 44.5 Å². The van der Waals surface area contributed by atoms with Gasteiger partial charge in [-0.15, -0.1) is 0 Å². The van der Waals surface area contributed by atoms with Crippen LogP contribution in [0.3, 0.4) is 0 Å². The number of nitrogens with zero attached hydrogens (tertiary/aromatic N) is 3. The number of aromatic nitrogens is 2. The van der Waals surface area contributed by atoms with Crippen LogP contribution < -0.4 is 15.5 Å². The normalized spacial score (nSPS) is 14.9. The van der Waals surface area contributed by atoms with Crippen molar-refractivity contribution in [1.82, 2.24) is 20.9 Å². The number of benzene rings is 1. The van der Waals surface area contributed by atoms with Crippen molar-refractivity contribution in [2.45, 2.75) is 38.6 Å². The summed E-state index contributed by atoms with van der Waals surface area (Å²) in [5.41, 5.74) is 4.03. The minimum absolute atomic E-state index is 0.0964. The number of nitrogens with one attached hydrogen (secondary N) is 2. The molecule has 0 saturated carbocycles. The van der Waals surface area contributed by atoms with Crippen molar-refractivity contribution in [2.75, 3.05) is 7.11 Å². The second kappa shape index (κ2) is 8.43. The number of amides is 2. The molecule has 27 heavy (non-hydrogen) atoms. The predicted octanol–water partition coefficient (Wildman–Crippen LogP) is 1.97. The Hall–Kier alpha value is -3.23. The fourth-order valence-corrected chi connectivity index (χ4v) is 2.59. The summed E-state index contributed by atoms with van der Waals surface area (Å²) in [7, 11) is 1.60. The van der Waals surface area contributed by atoms with Gasteiger partial charge in [0.25, 0.3) is 0 Å². The van der Waals surface area contributed by atoms with Crippen molar-refractivity contribution >= 4 is 17.5 Å². The summed E-state index contributed by atoms with van der Waals surface area (Å²) >= 11 is 0. The van der Waals surface area contributed by atoms with Gasteiger partial charge in [-0.25, -0.2) is 5.43 Å². The van der Waals surface area contributed by atoms with E-state index in [2.05, 4.69) is 26.0 Å². The quantitative estimate of drug-likeness (QED) is 0.768.